The average Bonchev–Trinajstić information content (AvgIpc) is 2.54. The number of nitrogens with one attached hydrogen (secondary N) is 1. The van der Waals surface area contributed by atoms with Crippen molar-refractivity contribution in [3.63, 3.8) is 0 Å². The quantitative estimate of drug-likeness (QED) is 0.833. The monoisotopic (exact) mass is 340 g/mol. The number of allylic oxidation sites excluding steroid dienone is 2. The molecule has 0 bridgehead atoms. The molecule has 2 rings (SSSR count). The van der Waals surface area contributed by atoms with Gasteiger partial charge >= 0.3 is 5.97 Å². The number of rotatable bonds is 5. The minimum Gasteiger partial charge on any atom is -0.460 e. The summed E-state index contributed by atoms with van der Waals surface area (Å²) in [5.74, 6) is -0.896. The molecular weight excluding hydrogens is 316 g/mol. The Hall–Kier alpha value is -2.58. The second kappa shape index (κ2) is 8.00. The van der Waals surface area contributed by atoms with Gasteiger partial charge in [-0.3, -0.25) is 0 Å². The minimum absolute atomic E-state index is 0.237. The molecule has 0 spiro atoms. The van der Waals surface area contributed by atoms with E-state index in [2.05, 4.69) is 11.4 Å². The second-order valence-corrected chi connectivity index (χ2v) is 6.34. The zero-order chi connectivity index (χ0) is 18.6. The molecule has 0 fully saturated rings. The lowest BCUT2D eigenvalue weighted by atomic mass is 9.79. The highest BCUT2D eigenvalue weighted by Crippen LogP contribution is 2.39. The summed E-state index contributed by atoms with van der Waals surface area (Å²) >= 11 is 0. The fourth-order valence-corrected chi connectivity index (χ4v) is 3.04. The molecule has 0 saturated heterocycles. The summed E-state index contributed by atoms with van der Waals surface area (Å²) in [5, 5.41) is 12.9. The number of ether oxygens (including phenoxy) is 2. The molecule has 1 atom stereocenters. The summed E-state index contributed by atoms with van der Waals surface area (Å²) in [5.41, 5.74) is 4.25. The molecule has 1 N–H and O–H groups in total. The first-order valence-corrected chi connectivity index (χ1v) is 8.27. The van der Waals surface area contributed by atoms with Gasteiger partial charge in [0.2, 0.25) is 0 Å². The molecule has 0 amide bonds. The van der Waals surface area contributed by atoms with Crippen molar-refractivity contribution in [2.45, 2.75) is 39.7 Å². The number of methoxy groups -OCH3 is 1. The number of carbonyl (C=O) groups is 1. The van der Waals surface area contributed by atoms with E-state index in [4.69, 9.17) is 9.47 Å². The maximum absolute atomic E-state index is 12.8. The van der Waals surface area contributed by atoms with Crippen LogP contribution >= 0.6 is 0 Å². The molecule has 0 saturated carbocycles. The van der Waals surface area contributed by atoms with E-state index in [-0.39, 0.29) is 12.7 Å². The van der Waals surface area contributed by atoms with Crippen LogP contribution in [0.25, 0.3) is 0 Å². The van der Waals surface area contributed by atoms with Crippen LogP contribution < -0.4 is 5.32 Å². The highest BCUT2D eigenvalue weighted by atomic mass is 16.5. The summed E-state index contributed by atoms with van der Waals surface area (Å²) < 4.78 is 10.7. The van der Waals surface area contributed by atoms with Gasteiger partial charge in [0.25, 0.3) is 0 Å². The van der Waals surface area contributed by atoms with Crippen LogP contribution in [0.15, 0.2) is 46.8 Å². The first-order valence-electron chi connectivity index (χ1n) is 8.27. The number of esters is 1. The molecule has 5 nitrogen and oxygen atoms in total. The van der Waals surface area contributed by atoms with E-state index in [1.165, 1.54) is 0 Å². The van der Waals surface area contributed by atoms with Gasteiger partial charge in [-0.25, -0.2) is 4.79 Å². The largest absolute Gasteiger partial charge is 0.460 e. The van der Waals surface area contributed by atoms with Gasteiger partial charge in [0.1, 0.15) is 0 Å². The maximum atomic E-state index is 12.8. The van der Waals surface area contributed by atoms with E-state index < -0.39 is 11.9 Å². The van der Waals surface area contributed by atoms with Crippen molar-refractivity contribution in [1.29, 1.82) is 5.26 Å². The smallest absolute Gasteiger partial charge is 0.337 e. The summed E-state index contributed by atoms with van der Waals surface area (Å²) in [6.07, 6.45) is -0.251. The second-order valence-electron chi connectivity index (χ2n) is 6.34. The normalized spacial score (nSPS) is 17.4. The van der Waals surface area contributed by atoms with Crippen LogP contribution in [0.5, 0.6) is 0 Å². The van der Waals surface area contributed by atoms with E-state index in [9.17, 15) is 10.1 Å². The average molecular weight is 340 g/mol. The molecular formula is C20H24N2O3. The number of aryl methyl sites for hydroxylation is 1. The molecule has 0 aliphatic carbocycles. The number of hydrogen-bond acceptors (Lipinski definition) is 5. The Balaban J connectivity index is 2.68. The fourth-order valence-electron chi connectivity index (χ4n) is 3.04. The number of carbonyl (C=O) groups excluding carboxylic acids is 1. The summed E-state index contributed by atoms with van der Waals surface area (Å²) in [6.45, 7) is 7.66. The van der Waals surface area contributed by atoms with E-state index in [1.54, 1.807) is 21.0 Å². The van der Waals surface area contributed by atoms with Crippen LogP contribution in [0.4, 0.5) is 0 Å². The summed E-state index contributed by atoms with van der Waals surface area (Å²) in [6, 6.07) is 10.0. The van der Waals surface area contributed by atoms with Gasteiger partial charge in [0.15, 0.2) is 0 Å². The van der Waals surface area contributed by atoms with Crippen LogP contribution in [-0.4, -0.2) is 25.8 Å². The molecule has 1 aliphatic rings. The van der Waals surface area contributed by atoms with E-state index in [0.29, 0.717) is 16.8 Å². The number of hydrogen-bond donors (Lipinski definition) is 1. The summed E-state index contributed by atoms with van der Waals surface area (Å²) in [4.78, 5) is 12.8. The fraction of sp³-hybridized carbons (Fsp3) is 0.400. The molecule has 0 radical (unpaired) electrons. The van der Waals surface area contributed by atoms with Crippen LogP contribution in [-0.2, 0) is 14.3 Å². The predicted octanol–water partition coefficient (Wildman–Crippen LogP) is 3.33. The standard InChI is InChI=1S/C20H24N2O3/c1-12(2)25-20(23)19-17(11-24-5)22-14(4)16(10-21)18(19)15-9-7-6-8-13(15)3/h6-9,12,18,22H,11H2,1-5H3. The SMILES string of the molecule is COCC1=C(C(=O)OC(C)C)C(c2ccccc2C)C(C#N)=C(C)N1. The Bertz CT molecular complexity index is 769. The Labute approximate surface area is 148 Å². The third kappa shape index (κ3) is 3.92. The third-order valence-electron chi connectivity index (χ3n) is 4.12. The van der Waals surface area contributed by atoms with Gasteiger partial charge < -0.3 is 14.8 Å². The number of benzene rings is 1. The molecule has 5 heteroatoms. The van der Waals surface area contributed by atoms with Crippen molar-refractivity contribution < 1.29 is 14.3 Å². The highest BCUT2D eigenvalue weighted by molar-refractivity contribution is 5.93. The Morgan fingerprint density at radius 2 is 2.00 bits per heavy atom. The Morgan fingerprint density at radius 1 is 1.32 bits per heavy atom. The van der Waals surface area contributed by atoms with Gasteiger partial charge in [-0.2, -0.15) is 5.26 Å². The van der Waals surface area contributed by atoms with Gasteiger partial charge in [0, 0.05) is 12.8 Å². The van der Waals surface area contributed by atoms with Gasteiger partial charge in [0.05, 0.1) is 41.5 Å². The first-order chi connectivity index (χ1) is 11.9. The Kier molecular flexibility index (Phi) is 6.00. The van der Waals surface area contributed by atoms with Gasteiger partial charge in [-0.1, -0.05) is 24.3 Å². The van der Waals surface area contributed by atoms with E-state index in [0.717, 1.165) is 16.8 Å². The van der Waals surface area contributed by atoms with E-state index in [1.807, 2.05) is 38.1 Å². The molecule has 1 unspecified atom stereocenters. The zero-order valence-corrected chi connectivity index (χ0v) is 15.3. The molecule has 1 aromatic carbocycles. The zero-order valence-electron chi connectivity index (χ0n) is 15.3. The van der Waals surface area contributed by atoms with Crippen molar-refractivity contribution in [3.8, 4) is 6.07 Å². The first kappa shape index (κ1) is 18.8. The molecule has 132 valence electrons. The summed E-state index contributed by atoms with van der Waals surface area (Å²) in [7, 11) is 1.57. The van der Waals surface area contributed by atoms with Crippen molar-refractivity contribution >= 4 is 5.97 Å². The van der Waals surface area contributed by atoms with Gasteiger partial charge in [-0.15, -0.1) is 0 Å². The van der Waals surface area contributed by atoms with Gasteiger partial charge in [-0.05, 0) is 38.8 Å². The number of nitriles is 1. The number of dihydropyridines is 1. The van der Waals surface area contributed by atoms with Crippen molar-refractivity contribution in [2.24, 2.45) is 0 Å². The maximum Gasteiger partial charge on any atom is 0.337 e. The molecule has 1 heterocycles. The molecule has 1 aromatic rings. The van der Waals surface area contributed by atoms with Crippen LogP contribution in [0.1, 0.15) is 37.8 Å². The lowest BCUT2D eigenvalue weighted by Crippen LogP contribution is -2.32. The van der Waals surface area contributed by atoms with Crippen LogP contribution in [0, 0.1) is 18.3 Å². The molecule has 1 aliphatic heterocycles. The predicted molar refractivity (Wildman–Crippen MR) is 95.5 cm³/mol. The number of nitrogens with zero attached hydrogens (tertiary/aromatic N) is 1. The van der Waals surface area contributed by atoms with Crippen LogP contribution in [0.3, 0.4) is 0 Å². The van der Waals surface area contributed by atoms with E-state index >= 15 is 0 Å². The highest BCUT2D eigenvalue weighted by Gasteiger charge is 2.36. The Morgan fingerprint density at radius 3 is 2.56 bits per heavy atom. The van der Waals surface area contributed by atoms with Crippen molar-refractivity contribution in [2.75, 3.05) is 13.7 Å². The lowest BCUT2D eigenvalue weighted by molar-refractivity contribution is -0.143. The lowest BCUT2D eigenvalue weighted by Gasteiger charge is -2.30. The molecule has 25 heavy (non-hydrogen) atoms. The van der Waals surface area contributed by atoms with Crippen molar-refractivity contribution in [3.05, 3.63) is 57.9 Å². The minimum atomic E-state index is -0.469. The third-order valence-corrected chi connectivity index (χ3v) is 4.12. The topological polar surface area (TPSA) is 71.3 Å². The molecule has 0 aromatic heterocycles. The van der Waals surface area contributed by atoms with Crippen molar-refractivity contribution in [1.82, 2.24) is 5.32 Å². The van der Waals surface area contributed by atoms with Crippen LogP contribution in [0.2, 0.25) is 0 Å².